The number of nitrogens with zero attached hydrogens (tertiary/aromatic N) is 1. The van der Waals surface area contributed by atoms with Gasteiger partial charge in [-0.1, -0.05) is 54.6 Å². The van der Waals surface area contributed by atoms with Gasteiger partial charge in [0, 0.05) is 6.54 Å². The van der Waals surface area contributed by atoms with E-state index in [4.69, 9.17) is 4.74 Å². The number of hydrogen-bond acceptors (Lipinski definition) is 4. The number of rotatable bonds is 8. The zero-order valence-electron chi connectivity index (χ0n) is 18.1. The van der Waals surface area contributed by atoms with E-state index >= 15 is 0 Å². The molecular formula is C26H24N2O4S. The third-order valence-electron chi connectivity index (χ3n) is 5.09. The maximum Gasteiger partial charge on any atom is 0.241 e. The predicted molar refractivity (Wildman–Crippen MR) is 131 cm³/mol. The molecule has 0 saturated carbocycles. The van der Waals surface area contributed by atoms with Gasteiger partial charge in [-0.05, 0) is 58.8 Å². The Morgan fingerprint density at radius 3 is 2.15 bits per heavy atom. The van der Waals surface area contributed by atoms with Crippen molar-refractivity contribution in [2.24, 2.45) is 0 Å². The van der Waals surface area contributed by atoms with Crippen LogP contribution >= 0.6 is 0 Å². The summed E-state index contributed by atoms with van der Waals surface area (Å²) in [5.74, 6) is 0.857. The fourth-order valence-corrected chi connectivity index (χ4v) is 4.30. The molecule has 168 valence electrons. The quantitative estimate of drug-likeness (QED) is 0.413. The number of carbonyl (C=O) groups is 1. The highest BCUT2D eigenvalue weighted by Crippen LogP contribution is 2.25. The highest BCUT2D eigenvalue weighted by Gasteiger charge is 2.21. The summed E-state index contributed by atoms with van der Waals surface area (Å²) >= 11 is 0. The number of sulfonamides is 1. The number of nitrogens with one attached hydrogen (secondary N) is 1. The molecule has 0 unspecified atom stereocenters. The van der Waals surface area contributed by atoms with Crippen molar-refractivity contribution in [2.45, 2.75) is 6.54 Å². The number of fused-ring (bicyclic) bond motifs is 1. The summed E-state index contributed by atoms with van der Waals surface area (Å²) in [7, 11) is -3.66. The van der Waals surface area contributed by atoms with Crippen molar-refractivity contribution in [3.63, 3.8) is 0 Å². The molecule has 0 fully saturated rings. The lowest BCUT2D eigenvalue weighted by Crippen LogP contribution is -2.40. The van der Waals surface area contributed by atoms with E-state index < -0.39 is 15.9 Å². The van der Waals surface area contributed by atoms with Crippen molar-refractivity contribution in [2.75, 3.05) is 17.1 Å². The predicted octanol–water partition coefficient (Wildman–Crippen LogP) is 4.71. The van der Waals surface area contributed by atoms with Crippen molar-refractivity contribution in [1.82, 2.24) is 5.32 Å². The molecule has 1 N–H and O–H groups in total. The number of carbonyl (C=O) groups excluding carboxylic acids is 1. The summed E-state index contributed by atoms with van der Waals surface area (Å²) in [6, 6.07) is 29.8. The first kappa shape index (κ1) is 22.4. The van der Waals surface area contributed by atoms with E-state index in [2.05, 4.69) is 5.32 Å². The Morgan fingerprint density at radius 2 is 1.45 bits per heavy atom. The van der Waals surface area contributed by atoms with Crippen LogP contribution in [0.5, 0.6) is 11.5 Å². The molecule has 4 aromatic carbocycles. The summed E-state index contributed by atoms with van der Waals surface area (Å²) in [4.78, 5) is 12.6. The molecule has 0 spiro atoms. The Hall–Kier alpha value is -3.84. The average molecular weight is 461 g/mol. The molecule has 0 aromatic heterocycles. The van der Waals surface area contributed by atoms with Crippen LogP contribution in [-0.2, 0) is 21.4 Å². The normalized spacial score (nSPS) is 11.2. The minimum Gasteiger partial charge on any atom is -0.457 e. The van der Waals surface area contributed by atoms with Crippen LogP contribution in [-0.4, -0.2) is 27.1 Å². The van der Waals surface area contributed by atoms with Crippen LogP contribution in [0.25, 0.3) is 10.8 Å². The minimum absolute atomic E-state index is 0.311. The van der Waals surface area contributed by atoms with Crippen molar-refractivity contribution >= 4 is 32.4 Å². The van der Waals surface area contributed by atoms with Crippen molar-refractivity contribution < 1.29 is 17.9 Å². The second-order valence-electron chi connectivity index (χ2n) is 7.64. The van der Waals surface area contributed by atoms with Crippen LogP contribution in [0.3, 0.4) is 0 Å². The zero-order chi connectivity index (χ0) is 23.3. The SMILES string of the molecule is CS(=O)(=O)N(CC(=O)NCc1ccc2ccccc2c1)c1ccc(Oc2ccccc2)cc1. The van der Waals surface area contributed by atoms with Crippen molar-refractivity contribution in [1.29, 1.82) is 0 Å². The highest BCUT2D eigenvalue weighted by atomic mass is 32.2. The Bertz CT molecular complexity index is 1350. The second kappa shape index (κ2) is 9.75. The lowest BCUT2D eigenvalue weighted by atomic mass is 10.1. The zero-order valence-corrected chi connectivity index (χ0v) is 19.0. The summed E-state index contributed by atoms with van der Waals surface area (Å²) < 4.78 is 31.6. The largest absolute Gasteiger partial charge is 0.457 e. The molecule has 7 heteroatoms. The standard InChI is InChI=1S/C26H24N2O4S/c1-33(30,31)28(23-13-15-25(16-14-23)32-24-9-3-2-4-10-24)19-26(29)27-18-20-11-12-21-7-5-6-8-22(21)17-20/h2-17H,18-19H2,1H3,(H,27,29). The number of anilines is 1. The molecule has 0 saturated heterocycles. The molecular weight excluding hydrogens is 436 g/mol. The number of hydrogen-bond donors (Lipinski definition) is 1. The van der Waals surface area contributed by atoms with Crippen LogP contribution < -0.4 is 14.4 Å². The van der Waals surface area contributed by atoms with Gasteiger partial charge in [0.2, 0.25) is 15.9 Å². The third-order valence-corrected chi connectivity index (χ3v) is 6.24. The lowest BCUT2D eigenvalue weighted by molar-refractivity contribution is -0.119. The Kier molecular flexibility index (Phi) is 6.60. The second-order valence-corrected chi connectivity index (χ2v) is 9.54. The fraction of sp³-hybridized carbons (Fsp3) is 0.115. The van der Waals surface area contributed by atoms with Crippen LogP contribution in [0.4, 0.5) is 5.69 Å². The van der Waals surface area contributed by atoms with Gasteiger partial charge in [-0.2, -0.15) is 0 Å². The van der Waals surface area contributed by atoms with Crippen molar-refractivity contribution in [3.8, 4) is 11.5 Å². The van der Waals surface area contributed by atoms with Gasteiger partial charge in [-0.3, -0.25) is 9.10 Å². The minimum atomic E-state index is -3.66. The van der Waals surface area contributed by atoms with Gasteiger partial charge < -0.3 is 10.1 Å². The molecule has 6 nitrogen and oxygen atoms in total. The highest BCUT2D eigenvalue weighted by molar-refractivity contribution is 7.92. The van der Waals surface area contributed by atoms with Gasteiger partial charge in [0.15, 0.2) is 0 Å². The van der Waals surface area contributed by atoms with Crippen LogP contribution in [0.2, 0.25) is 0 Å². The van der Waals surface area contributed by atoms with Gasteiger partial charge in [0.05, 0.1) is 11.9 Å². The van der Waals surface area contributed by atoms with E-state index in [1.807, 2.05) is 72.8 Å². The molecule has 1 amide bonds. The van der Waals surface area contributed by atoms with Crippen molar-refractivity contribution in [3.05, 3.63) is 103 Å². The van der Waals surface area contributed by atoms with Gasteiger partial charge >= 0.3 is 0 Å². The van der Waals surface area contributed by atoms with E-state index in [9.17, 15) is 13.2 Å². The first-order valence-corrected chi connectivity index (χ1v) is 12.3. The van der Waals surface area contributed by atoms with E-state index in [1.54, 1.807) is 24.3 Å². The smallest absolute Gasteiger partial charge is 0.241 e. The Labute approximate surface area is 193 Å². The van der Waals surface area contributed by atoms with E-state index in [-0.39, 0.29) is 6.54 Å². The van der Waals surface area contributed by atoms with Gasteiger partial charge in [0.25, 0.3) is 0 Å². The van der Waals surface area contributed by atoms with E-state index in [0.29, 0.717) is 23.7 Å². The number of para-hydroxylation sites is 1. The monoisotopic (exact) mass is 460 g/mol. The number of ether oxygens (including phenoxy) is 1. The molecule has 0 aliphatic carbocycles. The van der Waals surface area contributed by atoms with E-state index in [0.717, 1.165) is 26.9 Å². The molecule has 0 aliphatic rings. The first-order valence-electron chi connectivity index (χ1n) is 10.4. The summed E-state index contributed by atoms with van der Waals surface area (Å²) in [6.07, 6.45) is 1.08. The average Bonchev–Trinajstić information content (AvgIpc) is 2.82. The van der Waals surface area contributed by atoms with Crippen LogP contribution in [0.1, 0.15) is 5.56 Å². The maximum atomic E-state index is 12.6. The molecule has 0 atom stereocenters. The molecule has 4 aromatic rings. The molecule has 0 heterocycles. The Morgan fingerprint density at radius 1 is 0.818 bits per heavy atom. The Balaban J connectivity index is 1.42. The molecule has 33 heavy (non-hydrogen) atoms. The van der Waals surface area contributed by atoms with Crippen LogP contribution in [0, 0.1) is 0 Å². The maximum absolute atomic E-state index is 12.6. The van der Waals surface area contributed by atoms with Gasteiger partial charge in [0.1, 0.15) is 18.0 Å². The van der Waals surface area contributed by atoms with Gasteiger partial charge in [-0.25, -0.2) is 8.42 Å². The number of benzene rings is 4. The topological polar surface area (TPSA) is 75.7 Å². The third kappa shape index (κ3) is 5.90. The van der Waals surface area contributed by atoms with Gasteiger partial charge in [-0.15, -0.1) is 0 Å². The first-order chi connectivity index (χ1) is 15.9. The van der Waals surface area contributed by atoms with Crippen LogP contribution in [0.15, 0.2) is 97.1 Å². The molecule has 0 radical (unpaired) electrons. The lowest BCUT2D eigenvalue weighted by Gasteiger charge is -2.22. The molecule has 0 bridgehead atoms. The molecule has 0 aliphatic heterocycles. The fourth-order valence-electron chi connectivity index (χ4n) is 3.44. The summed E-state index contributed by atoms with van der Waals surface area (Å²) in [5.41, 5.74) is 1.33. The number of amides is 1. The van der Waals surface area contributed by atoms with E-state index in [1.165, 1.54) is 0 Å². The summed E-state index contributed by atoms with van der Waals surface area (Å²) in [6.45, 7) is -0.00354. The molecule has 4 rings (SSSR count). The summed E-state index contributed by atoms with van der Waals surface area (Å²) in [5, 5.41) is 5.01.